The van der Waals surface area contributed by atoms with Crippen molar-refractivity contribution >= 4 is 39.3 Å². The molecule has 84 valence electrons. The van der Waals surface area contributed by atoms with E-state index in [1.165, 1.54) is 4.31 Å². The predicted molar refractivity (Wildman–Crippen MR) is 67.9 cm³/mol. The molecule has 1 atom stereocenters. The molecule has 0 aliphatic carbocycles. The molecule has 0 spiro atoms. The van der Waals surface area contributed by atoms with Crippen LogP contribution in [0.4, 0.5) is 5.69 Å². The summed E-state index contributed by atoms with van der Waals surface area (Å²) in [4.78, 5) is 0. The molecule has 0 fully saturated rings. The highest BCUT2D eigenvalue weighted by Gasteiger charge is 2.13. The summed E-state index contributed by atoms with van der Waals surface area (Å²) in [7, 11) is 0. The smallest absolute Gasteiger partial charge is 0.262 e. The molecule has 0 radical (unpaired) electrons. The van der Waals surface area contributed by atoms with Crippen LogP contribution in [0.15, 0.2) is 42.5 Å². The van der Waals surface area contributed by atoms with Crippen molar-refractivity contribution in [2.45, 2.75) is 0 Å². The van der Waals surface area contributed by atoms with E-state index in [2.05, 4.69) is 0 Å². The second-order valence-electron chi connectivity index (χ2n) is 3.23. The van der Waals surface area contributed by atoms with Crippen LogP contribution in [0, 0.1) is 0 Å². The second-order valence-corrected chi connectivity index (χ2v) is 4.37. The lowest BCUT2D eigenvalue weighted by Gasteiger charge is -2.18. The molecule has 0 aromatic heterocycles. The minimum atomic E-state index is -2.11. The van der Waals surface area contributed by atoms with E-state index in [1.54, 1.807) is 6.07 Å². The van der Waals surface area contributed by atoms with Crippen molar-refractivity contribution in [3.05, 3.63) is 42.5 Å². The molecule has 1 N–H and O–H groups in total. The van der Waals surface area contributed by atoms with Gasteiger partial charge in [0, 0.05) is 5.39 Å². The number of hydrogen-bond acceptors (Lipinski definition) is 1. The zero-order chi connectivity index (χ0) is 11.5. The van der Waals surface area contributed by atoms with Gasteiger partial charge < -0.3 is 0 Å². The van der Waals surface area contributed by atoms with E-state index in [4.69, 9.17) is 16.2 Å². The Morgan fingerprint density at radius 1 is 1.19 bits per heavy atom. The van der Waals surface area contributed by atoms with Crippen LogP contribution in [0.2, 0.25) is 0 Å². The molecule has 0 saturated carbocycles. The van der Waals surface area contributed by atoms with Crippen molar-refractivity contribution in [2.24, 2.45) is 0 Å². The van der Waals surface area contributed by atoms with Gasteiger partial charge in [0.2, 0.25) is 0 Å². The quantitative estimate of drug-likeness (QED) is 0.520. The average Bonchev–Trinajstić information content (AvgIpc) is 2.30. The minimum Gasteiger partial charge on any atom is -0.289 e. The van der Waals surface area contributed by atoms with Gasteiger partial charge in [-0.2, -0.15) is 0 Å². The fourth-order valence-electron chi connectivity index (χ4n) is 1.62. The summed E-state index contributed by atoms with van der Waals surface area (Å²) in [5.74, 6) is 0. The number of benzene rings is 2. The molecule has 0 aliphatic heterocycles. The maximum absolute atomic E-state index is 11.1. The Hall–Kier alpha value is -1.10. The molecular formula is C11H10ClNO2S. The van der Waals surface area contributed by atoms with E-state index in [1.807, 2.05) is 36.4 Å². The third-order valence-electron chi connectivity index (χ3n) is 2.33. The molecule has 2 aromatic rings. The van der Waals surface area contributed by atoms with E-state index in [0.29, 0.717) is 5.69 Å². The highest BCUT2D eigenvalue weighted by Crippen LogP contribution is 2.27. The van der Waals surface area contributed by atoms with Crippen molar-refractivity contribution in [3.8, 4) is 0 Å². The van der Waals surface area contributed by atoms with Crippen LogP contribution in [0.25, 0.3) is 10.8 Å². The van der Waals surface area contributed by atoms with Crippen molar-refractivity contribution in [2.75, 3.05) is 10.3 Å². The Morgan fingerprint density at radius 2 is 1.88 bits per heavy atom. The first-order valence-electron chi connectivity index (χ1n) is 4.66. The number of alkyl halides is 1. The Bertz CT molecular complexity index is 527. The summed E-state index contributed by atoms with van der Waals surface area (Å²) in [6.45, 7) is 0. The summed E-state index contributed by atoms with van der Waals surface area (Å²) in [6, 6.07) is 13.2. The van der Waals surface area contributed by atoms with E-state index < -0.39 is 11.3 Å². The van der Waals surface area contributed by atoms with E-state index in [-0.39, 0.29) is 6.00 Å². The Kier molecular flexibility index (Phi) is 3.43. The van der Waals surface area contributed by atoms with E-state index in [0.717, 1.165) is 10.8 Å². The molecule has 0 saturated heterocycles. The third kappa shape index (κ3) is 2.04. The van der Waals surface area contributed by atoms with Gasteiger partial charge >= 0.3 is 0 Å². The highest BCUT2D eigenvalue weighted by molar-refractivity contribution is 7.80. The van der Waals surface area contributed by atoms with Gasteiger partial charge in [-0.05, 0) is 11.5 Å². The van der Waals surface area contributed by atoms with Gasteiger partial charge in [-0.3, -0.25) is 8.86 Å². The van der Waals surface area contributed by atoms with Gasteiger partial charge in [0.1, 0.15) is 6.00 Å². The molecule has 0 heterocycles. The van der Waals surface area contributed by atoms with Crippen LogP contribution in [-0.2, 0) is 11.3 Å². The lowest BCUT2D eigenvalue weighted by atomic mass is 10.1. The molecule has 16 heavy (non-hydrogen) atoms. The first-order chi connectivity index (χ1) is 7.74. The van der Waals surface area contributed by atoms with Crippen molar-refractivity contribution < 1.29 is 8.76 Å². The van der Waals surface area contributed by atoms with Crippen molar-refractivity contribution in [1.82, 2.24) is 0 Å². The number of nitrogens with zero attached hydrogens (tertiary/aromatic N) is 1. The molecule has 0 aliphatic rings. The lowest BCUT2D eigenvalue weighted by molar-refractivity contribution is 0.562. The summed E-state index contributed by atoms with van der Waals surface area (Å²) in [5.41, 5.74) is 0.661. The van der Waals surface area contributed by atoms with Crippen LogP contribution in [0.3, 0.4) is 0 Å². The summed E-state index contributed by atoms with van der Waals surface area (Å²) < 4.78 is 21.5. The molecule has 2 rings (SSSR count). The van der Waals surface area contributed by atoms with Gasteiger partial charge in [0.05, 0.1) is 5.69 Å². The van der Waals surface area contributed by atoms with Crippen LogP contribution in [-0.4, -0.2) is 14.8 Å². The fourth-order valence-corrected chi connectivity index (χ4v) is 2.41. The minimum absolute atomic E-state index is 0.0306. The fraction of sp³-hybridized carbons (Fsp3) is 0.0909. The molecule has 1 unspecified atom stereocenters. The third-order valence-corrected chi connectivity index (χ3v) is 3.42. The number of halogens is 1. The topological polar surface area (TPSA) is 40.5 Å². The first kappa shape index (κ1) is 11.4. The standard InChI is InChI=1S/C11H10ClNO2S/c12-8-13(16(14)15)11-7-3-5-9-4-1-2-6-10(9)11/h1-7H,8H2,(H,14,15). The van der Waals surface area contributed by atoms with Crippen LogP contribution in [0.5, 0.6) is 0 Å². The van der Waals surface area contributed by atoms with E-state index >= 15 is 0 Å². The largest absolute Gasteiger partial charge is 0.289 e. The van der Waals surface area contributed by atoms with Crippen LogP contribution < -0.4 is 4.31 Å². The Morgan fingerprint density at radius 3 is 2.56 bits per heavy atom. The number of anilines is 1. The molecule has 5 heteroatoms. The summed E-state index contributed by atoms with van der Waals surface area (Å²) in [5, 5.41) is 1.92. The molecule has 2 aromatic carbocycles. The molecule has 0 amide bonds. The summed E-state index contributed by atoms with van der Waals surface area (Å²) in [6.07, 6.45) is 0. The maximum atomic E-state index is 11.1. The van der Waals surface area contributed by atoms with Gasteiger partial charge in [-0.25, -0.2) is 4.21 Å². The second kappa shape index (κ2) is 4.82. The first-order valence-corrected chi connectivity index (χ1v) is 6.26. The number of rotatable bonds is 3. The lowest BCUT2D eigenvalue weighted by Crippen LogP contribution is -2.23. The number of hydrogen-bond donors (Lipinski definition) is 1. The normalized spacial score (nSPS) is 12.6. The van der Waals surface area contributed by atoms with Crippen LogP contribution >= 0.6 is 11.6 Å². The van der Waals surface area contributed by atoms with Crippen LogP contribution in [0.1, 0.15) is 0 Å². The molecule has 3 nitrogen and oxygen atoms in total. The maximum Gasteiger partial charge on any atom is 0.262 e. The monoisotopic (exact) mass is 255 g/mol. The summed E-state index contributed by atoms with van der Waals surface area (Å²) >= 11 is 3.56. The zero-order valence-electron chi connectivity index (χ0n) is 8.34. The predicted octanol–water partition coefficient (Wildman–Crippen LogP) is 2.98. The van der Waals surface area contributed by atoms with Crippen molar-refractivity contribution in [1.29, 1.82) is 0 Å². The van der Waals surface area contributed by atoms with Gasteiger partial charge in [0.15, 0.2) is 0 Å². The number of fused-ring (bicyclic) bond motifs is 1. The highest BCUT2D eigenvalue weighted by atomic mass is 35.5. The van der Waals surface area contributed by atoms with Gasteiger partial charge in [-0.15, -0.1) is 11.6 Å². The van der Waals surface area contributed by atoms with Gasteiger partial charge in [-0.1, -0.05) is 36.4 Å². The van der Waals surface area contributed by atoms with Crippen molar-refractivity contribution in [3.63, 3.8) is 0 Å². The Labute approximate surface area is 101 Å². The van der Waals surface area contributed by atoms with Gasteiger partial charge in [0.25, 0.3) is 11.3 Å². The Balaban J connectivity index is 2.63. The molecule has 0 bridgehead atoms. The SMILES string of the molecule is O=S(O)N(CCl)c1cccc2ccccc12. The molecular weight excluding hydrogens is 246 g/mol. The average molecular weight is 256 g/mol. The van der Waals surface area contributed by atoms with E-state index in [9.17, 15) is 4.21 Å². The zero-order valence-corrected chi connectivity index (χ0v) is 9.91.